The molecule has 2 amide bonds. The summed E-state index contributed by atoms with van der Waals surface area (Å²) in [6, 6.07) is 4.10. The molecule has 1 aromatic rings. The minimum Gasteiger partial charge on any atom is -0.396 e. The Morgan fingerprint density at radius 2 is 2.20 bits per heavy atom. The molecule has 0 saturated carbocycles. The fourth-order valence-corrected chi connectivity index (χ4v) is 1.65. The number of nitrogens with zero attached hydrogens (tertiary/aromatic N) is 1. The molecule has 0 spiro atoms. The summed E-state index contributed by atoms with van der Waals surface area (Å²) in [6.45, 7) is 4.06. The zero-order valence-corrected chi connectivity index (χ0v) is 11.5. The highest BCUT2D eigenvalue weighted by Crippen LogP contribution is 2.22. The molecule has 0 aromatic heterocycles. The first-order valence-electron chi connectivity index (χ1n) is 6.34. The second kappa shape index (κ2) is 7.44. The molecule has 1 unspecified atom stereocenters. The van der Waals surface area contributed by atoms with Crippen molar-refractivity contribution in [2.45, 2.75) is 20.3 Å². The molecule has 0 saturated heterocycles. The highest BCUT2D eigenvalue weighted by atomic mass is 16.6. The number of hydrogen-bond acceptors (Lipinski definition) is 4. The zero-order chi connectivity index (χ0) is 15.1. The van der Waals surface area contributed by atoms with Crippen molar-refractivity contribution in [3.63, 3.8) is 0 Å². The highest BCUT2D eigenvalue weighted by Gasteiger charge is 2.12. The van der Waals surface area contributed by atoms with Gasteiger partial charge in [-0.2, -0.15) is 0 Å². The number of carbonyl (C=O) groups excluding carboxylic acids is 1. The number of nitro benzene ring substituents is 1. The first-order valence-corrected chi connectivity index (χ1v) is 6.34. The minimum atomic E-state index is -0.484. The summed E-state index contributed by atoms with van der Waals surface area (Å²) >= 11 is 0. The third-order valence-electron chi connectivity index (χ3n) is 2.90. The number of amides is 2. The predicted octanol–water partition coefficient (Wildman–Crippen LogP) is 2.04. The fraction of sp³-hybridized carbons (Fsp3) is 0.462. The number of aliphatic hydroxyl groups is 1. The number of urea groups is 1. The van der Waals surface area contributed by atoms with E-state index in [1.807, 2.05) is 6.92 Å². The SMILES string of the molecule is Cc1ccc(NC(=O)NCC(C)CCO)cc1[N+](=O)[O-]. The maximum Gasteiger partial charge on any atom is 0.319 e. The molecule has 1 aromatic carbocycles. The van der Waals surface area contributed by atoms with Crippen LogP contribution in [0, 0.1) is 23.0 Å². The lowest BCUT2D eigenvalue weighted by molar-refractivity contribution is -0.385. The molecule has 7 nitrogen and oxygen atoms in total. The topological polar surface area (TPSA) is 104 Å². The Morgan fingerprint density at radius 1 is 1.50 bits per heavy atom. The minimum absolute atomic E-state index is 0.0311. The van der Waals surface area contributed by atoms with Gasteiger partial charge in [-0.1, -0.05) is 13.0 Å². The maximum absolute atomic E-state index is 11.6. The van der Waals surface area contributed by atoms with E-state index in [1.165, 1.54) is 6.07 Å². The molecule has 0 aliphatic heterocycles. The normalized spacial score (nSPS) is 11.8. The lowest BCUT2D eigenvalue weighted by Gasteiger charge is -2.12. The van der Waals surface area contributed by atoms with Gasteiger partial charge in [-0.15, -0.1) is 0 Å². The number of aryl methyl sites for hydroxylation is 1. The van der Waals surface area contributed by atoms with Gasteiger partial charge in [0.15, 0.2) is 0 Å². The van der Waals surface area contributed by atoms with Crippen LogP contribution in [-0.2, 0) is 0 Å². The van der Waals surface area contributed by atoms with Gasteiger partial charge < -0.3 is 15.7 Å². The Kier molecular flexibility index (Phi) is 5.92. The lowest BCUT2D eigenvalue weighted by atomic mass is 10.1. The molecule has 0 heterocycles. The van der Waals surface area contributed by atoms with Crippen molar-refractivity contribution in [1.29, 1.82) is 0 Å². The summed E-state index contributed by atoms with van der Waals surface area (Å²) in [5.41, 5.74) is 0.878. The summed E-state index contributed by atoms with van der Waals surface area (Å²) in [6.07, 6.45) is 0.607. The summed E-state index contributed by atoms with van der Waals surface area (Å²) in [5, 5.41) is 24.7. The predicted molar refractivity (Wildman–Crippen MR) is 75.7 cm³/mol. The number of carbonyl (C=O) groups is 1. The molecule has 110 valence electrons. The average Bonchev–Trinajstić information content (AvgIpc) is 2.39. The van der Waals surface area contributed by atoms with Gasteiger partial charge in [-0.05, 0) is 25.3 Å². The number of nitro groups is 1. The number of aliphatic hydroxyl groups excluding tert-OH is 1. The Balaban J connectivity index is 2.58. The fourth-order valence-electron chi connectivity index (χ4n) is 1.65. The molecule has 0 bridgehead atoms. The van der Waals surface area contributed by atoms with E-state index in [-0.39, 0.29) is 18.2 Å². The van der Waals surface area contributed by atoms with Gasteiger partial charge in [0.2, 0.25) is 0 Å². The van der Waals surface area contributed by atoms with Crippen molar-refractivity contribution in [3.8, 4) is 0 Å². The van der Waals surface area contributed by atoms with Gasteiger partial charge in [0.05, 0.1) is 4.92 Å². The molecule has 7 heteroatoms. The van der Waals surface area contributed by atoms with Crippen LogP contribution in [0.25, 0.3) is 0 Å². The second-order valence-electron chi connectivity index (χ2n) is 4.71. The molecule has 0 aliphatic rings. The third-order valence-corrected chi connectivity index (χ3v) is 2.90. The number of rotatable bonds is 6. The number of nitrogens with one attached hydrogen (secondary N) is 2. The van der Waals surface area contributed by atoms with E-state index in [0.29, 0.717) is 24.2 Å². The van der Waals surface area contributed by atoms with E-state index in [4.69, 9.17) is 5.11 Å². The van der Waals surface area contributed by atoms with E-state index in [2.05, 4.69) is 10.6 Å². The Bertz CT molecular complexity index is 491. The quantitative estimate of drug-likeness (QED) is 0.548. The van der Waals surface area contributed by atoms with Crippen molar-refractivity contribution in [1.82, 2.24) is 5.32 Å². The number of hydrogen-bond donors (Lipinski definition) is 3. The van der Waals surface area contributed by atoms with Crippen molar-refractivity contribution in [3.05, 3.63) is 33.9 Å². The molecule has 20 heavy (non-hydrogen) atoms. The number of anilines is 1. The Labute approximate surface area is 117 Å². The van der Waals surface area contributed by atoms with E-state index < -0.39 is 11.0 Å². The van der Waals surface area contributed by atoms with Gasteiger partial charge in [-0.3, -0.25) is 10.1 Å². The van der Waals surface area contributed by atoms with Crippen LogP contribution in [0.4, 0.5) is 16.2 Å². The molecule has 0 fully saturated rings. The zero-order valence-electron chi connectivity index (χ0n) is 11.5. The summed E-state index contributed by atoms with van der Waals surface area (Å²) in [5.74, 6) is 0.165. The largest absolute Gasteiger partial charge is 0.396 e. The highest BCUT2D eigenvalue weighted by molar-refractivity contribution is 5.89. The Morgan fingerprint density at radius 3 is 2.80 bits per heavy atom. The number of benzene rings is 1. The summed E-state index contributed by atoms with van der Waals surface area (Å²) < 4.78 is 0. The van der Waals surface area contributed by atoms with Crippen LogP contribution in [0.2, 0.25) is 0 Å². The van der Waals surface area contributed by atoms with Crippen LogP contribution in [0.1, 0.15) is 18.9 Å². The van der Waals surface area contributed by atoms with Crippen LogP contribution in [0.15, 0.2) is 18.2 Å². The third kappa shape index (κ3) is 4.85. The van der Waals surface area contributed by atoms with E-state index in [1.54, 1.807) is 19.1 Å². The summed E-state index contributed by atoms with van der Waals surface area (Å²) in [7, 11) is 0. The van der Waals surface area contributed by atoms with Crippen LogP contribution in [0.3, 0.4) is 0 Å². The van der Waals surface area contributed by atoms with Crippen molar-refractivity contribution in [2.24, 2.45) is 5.92 Å². The van der Waals surface area contributed by atoms with Gasteiger partial charge in [-0.25, -0.2) is 4.79 Å². The first-order chi connectivity index (χ1) is 9.43. The molecular weight excluding hydrogens is 262 g/mol. The standard InChI is InChI=1S/C13H19N3O4/c1-9(5-6-17)8-14-13(18)15-11-4-3-10(2)12(7-11)16(19)20/h3-4,7,9,17H,5-6,8H2,1-2H3,(H2,14,15,18). The average molecular weight is 281 g/mol. The monoisotopic (exact) mass is 281 g/mol. The van der Waals surface area contributed by atoms with E-state index in [9.17, 15) is 14.9 Å². The van der Waals surface area contributed by atoms with Crippen molar-refractivity contribution >= 4 is 17.4 Å². The van der Waals surface area contributed by atoms with E-state index in [0.717, 1.165) is 0 Å². The maximum atomic E-state index is 11.6. The summed E-state index contributed by atoms with van der Waals surface area (Å²) in [4.78, 5) is 21.9. The molecule has 1 rings (SSSR count). The van der Waals surface area contributed by atoms with E-state index >= 15 is 0 Å². The van der Waals surface area contributed by atoms with Crippen LogP contribution < -0.4 is 10.6 Å². The molecule has 1 atom stereocenters. The van der Waals surface area contributed by atoms with Crippen molar-refractivity contribution < 1.29 is 14.8 Å². The lowest BCUT2D eigenvalue weighted by Crippen LogP contribution is -2.32. The second-order valence-corrected chi connectivity index (χ2v) is 4.71. The smallest absolute Gasteiger partial charge is 0.319 e. The Hall–Kier alpha value is -2.15. The molecule has 3 N–H and O–H groups in total. The first kappa shape index (κ1) is 15.9. The molecule has 0 aliphatic carbocycles. The van der Waals surface area contributed by atoms with Gasteiger partial charge in [0, 0.05) is 30.5 Å². The van der Waals surface area contributed by atoms with Crippen LogP contribution in [-0.4, -0.2) is 29.2 Å². The van der Waals surface area contributed by atoms with Gasteiger partial charge >= 0.3 is 6.03 Å². The van der Waals surface area contributed by atoms with Crippen LogP contribution in [0.5, 0.6) is 0 Å². The van der Waals surface area contributed by atoms with Crippen molar-refractivity contribution in [2.75, 3.05) is 18.5 Å². The van der Waals surface area contributed by atoms with Gasteiger partial charge in [0.1, 0.15) is 0 Å². The van der Waals surface area contributed by atoms with Crippen LogP contribution >= 0.6 is 0 Å². The van der Waals surface area contributed by atoms with Gasteiger partial charge in [0.25, 0.3) is 5.69 Å². The molecular formula is C13H19N3O4. The molecule has 0 radical (unpaired) electrons.